The molecule has 0 saturated carbocycles. The zero-order valence-corrected chi connectivity index (χ0v) is 21.1. The number of fused-ring (bicyclic) bond motifs is 4. The van der Waals surface area contributed by atoms with E-state index in [2.05, 4.69) is 55.2 Å². The van der Waals surface area contributed by atoms with E-state index in [1.54, 1.807) is 4.90 Å². The van der Waals surface area contributed by atoms with Crippen molar-refractivity contribution in [2.45, 2.75) is 38.3 Å². The fourth-order valence-electron chi connectivity index (χ4n) is 6.13. The average Bonchev–Trinajstić information content (AvgIpc) is 3.28. The molecular formula is C29H35N4O3+. The number of aromatic amines is 1. The quantitative estimate of drug-likeness (QED) is 0.578. The smallest absolute Gasteiger partial charge is 0.246 e. The summed E-state index contributed by atoms with van der Waals surface area (Å²) >= 11 is 0. The molecule has 4 heterocycles. The van der Waals surface area contributed by atoms with Crippen LogP contribution >= 0.6 is 0 Å². The third-order valence-electron chi connectivity index (χ3n) is 8.20. The standard InChI is InChI=1S/C29H34N4O3/c1-19(2)20-7-9-21(10-8-20)28-27-23(22-5-3-4-6-24(22)30-27)17-25-29(35)32(18-26(34)33(25)28)12-11-31-13-15-36-16-14-31/h3-10,19,25,28,30H,11-18H2,1-2H3/p+1/t25-,28+/m0/s1. The lowest BCUT2D eigenvalue weighted by molar-refractivity contribution is -0.907. The van der Waals surface area contributed by atoms with Crippen molar-refractivity contribution in [3.05, 3.63) is 70.9 Å². The summed E-state index contributed by atoms with van der Waals surface area (Å²) in [4.78, 5) is 36.3. The third-order valence-corrected chi connectivity index (χ3v) is 8.20. The molecule has 188 valence electrons. The zero-order valence-electron chi connectivity index (χ0n) is 21.1. The molecule has 3 aliphatic heterocycles. The van der Waals surface area contributed by atoms with Crippen LogP contribution in [0.2, 0.25) is 0 Å². The van der Waals surface area contributed by atoms with Crippen molar-refractivity contribution in [2.24, 2.45) is 0 Å². The second-order valence-electron chi connectivity index (χ2n) is 10.7. The first-order chi connectivity index (χ1) is 17.5. The van der Waals surface area contributed by atoms with Gasteiger partial charge in [-0.05, 0) is 28.7 Å². The Labute approximate surface area is 212 Å². The first-order valence-electron chi connectivity index (χ1n) is 13.2. The largest absolute Gasteiger partial charge is 0.370 e. The zero-order chi connectivity index (χ0) is 24.8. The third kappa shape index (κ3) is 4.00. The van der Waals surface area contributed by atoms with Gasteiger partial charge in [-0.15, -0.1) is 0 Å². The van der Waals surface area contributed by atoms with Crippen molar-refractivity contribution >= 4 is 22.7 Å². The summed E-state index contributed by atoms with van der Waals surface area (Å²) in [6.07, 6.45) is 0.547. The molecule has 7 heteroatoms. The molecule has 0 radical (unpaired) electrons. The number of H-pyrrole nitrogens is 1. The highest BCUT2D eigenvalue weighted by atomic mass is 16.5. The molecule has 0 spiro atoms. The van der Waals surface area contributed by atoms with Gasteiger partial charge in [0.1, 0.15) is 25.7 Å². The van der Waals surface area contributed by atoms with Crippen LogP contribution in [0.1, 0.15) is 48.2 Å². The number of morpholine rings is 1. The highest BCUT2D eigenvalue weighted by molar-refractivity contribution is 5.97. The monoisotopic (exact) mass is 487 g/mol. The van der Waals surface area contributed by atoms with Gasteiger partial charge in [0, 0.05) is 23.0 Å². The van der Waals surface area contributed by atoms with E-state index in [0.717, 1.165) is 60.6 Å². The number of benzene rings is 2. The SMILES string of the molecule is CC(C)c1ccc([C@@H]2c3[nH]c4ccccc4c3C[C@H]3C(=O)N(CC[NH+]4CCOCC4)CC(=O)N23)cc1. The number of aromatic nitrogens is 1. The number of nitrogens with one attached hydrogen (secondary N) is 2. The number of carbonyl (C=O) groups excluding carboxylic acids is 2. The van der Waals surface area contributed by atoms with Gasteiger partial charge in [0.2, 0.25) is 11.8 Å². The van der Waals surface area contributed by atoms with Crippen LogP contribution in [-0.4, -0.2) is 78.6 Å². The molecule has 2 N–H and O–H groups in total. The molecule has 2 saturated heterocycles. The molecule has 2 atom stereocenters. The maximum Gasteiger partial charge on any atom is 0.246 e. The van der Waals surface area contributed by atoms with E-state index in [1.165, 1.54) is 10.5 Å². The topological polar surface area (TPSA) is 70.1 Å². The molecule has 2 fully saturated rings. The van der Waals surface area contributed by atoms with E-state index in [9.17, 15) is 9.59 Å². The molecule has 0 unspecified atom stereocenters. The van der Waals surface area contributed by atoms with Gasteiger partial charge in [-0.2, -0.15) is 0 Å². The fourth-order valence-corrected chi connectivity index (χ4v) is 6.13. The summed E-state index contributed by atoms with van der Waals surface area (Å²) in [6, 6.07) is 16.0. The Morgan fingerprint density at radius 3 is 2.56 bits per heavy atom. The maximum absolute atomic E-state index is 13.9. The Balaban J connectivity index is 1.36. The summed E-state index contributed by atoms with van der Waals surface area (Å²) < 4.78 is 5.47. The van der Waals surface area contributed by atoms with Crippen LogP contribution in [0.3, 0.4) is 0 Å². The van der Waals surface area contributed by atoms with E-state index in [1.807, 2.05) is 17.0 Å². The summed E-state index contributed by atoms with van der Waals surface area (Å²) in [5, 5.41) is 1.14. The summed E-state index contributed by atoms with van der Waals surface area (Å²) in [7, 11) is 0. The van der Waals surface area contributed by atoms with Crippen molar-refractivity contribution in [3.8, 4) is 0 Å². The maximum atomic E-state index is 13.9. The molecule has 3 aliphatic rings. The molecular weight excluding hydrogens is 452 g/mol. The highest BCUT2D eigenvalue weighted by Gasteiger charge is 2.48. The van der Waals surface area contributed by atoms with Crippen LogP contribution < -0.4 is 4.90 Å². The van der Waals surface area contributed by atoms with Crippen molar-refractivity contribution in [3.63, 3.8) is 0 Å². The number of piperazine rings is 1. The van der Waals surface area contributed by atoms with Crippen molar-refractivity contribution in [1.82, 2.24) is 14.8 Å². The highest BCUT2D eigenvalue weighted by Crippen LogP contribution is 2.42. The van der Waals surface area contributed by atoms with Gasteiger partial charge in [-0.1, -0.05) is 56.3 Å². The van der Waals surface area contributed by atoms with Gasteiger partial charge in [0.25, 0.3) is 0 Å². The minimum Gasteiger partial charge on any atom is -0.370 e. The second-order valence-corrected chi connectivity index (χ2v) is 10.7. The van der Waals surface area contributed by atoms with Gasteiger partial charge in [0.05, 0.1) is 32.3 Å². The Kier molecular flexibility index (Phi) is 6.05. The summed E-state index contributed by atoms with van der Waals surface area (Å²) in [6.45, 7) is 9.42. The van der Waals surface area contributed by atoms with Crippen LogP contribution in [0.15, 0.2) is 48.5 Å². The van der Waals surface area contributed by atoms with E-state index in [4.69, 9.17) is 4.74 Å². The second kappa shape index (κ2) is 9.37. The minimum absolute atomic E-state index is 0.0267. The average molecular weight is 488 g/mol. The predicted molar refractivity (Wildman–Crippen MR) is 138 cm³/mol. The van der Waals surface area contributed by atoms with Gasteiger partial charge < -0.3 is 24.4 Å². The summed E-state index contributed by atoms with van der Waals surface area (Å²) in [5.41, 5.74) is 5.56. The normalized spacial score (nSPS) is 22.9. The van der Waals surface area contributed by atoms with Gasteiger partial charge in [-0.3, -0.25) is 9.59 Å². The van der Waals surface area contributed by atoms with Gasteiger partial charge >= 0.3 is 0 Å². The number of nitrogens with zero attached hydrogens (tertiary/aromatic N) is 2. The Bertz CT molecular complexity index is 1280. The van der Waals surface area contributed by atoms with E-state index in [-0.39, 0.29) is 24.4 Å². The molecule has 2 aromatic carbocycles. The van der Waals surface area contributed by atoms with E-state index >= 15 is 0 Å². The fraction of sp³-hybridized carbons (Fsp3) is 0.448. The number of para-hydroxylation sites is 1. The Hall–Kier alpha value is -3.16. The molecule has 36 heavy (non-hydrogen) atoms. The van der Waals surface area contributed by atoms with Crippen LogP contribution in [0.5, 0.6) is 0 Å². The number of ether oxygens (including phenoxy) is 1. The van der Waals surface area contributed by atoms with Crippen molar-refractivity contribution in [2.75, 3.05) is 45.9 Å². The van der Waals surface area contributed by atoms with Crippen molar-refractivity contribution < 1.29 is 19.2 Å². The Morgan fingerprint density at radius 1 is 1.06 bits per heavy atom. The number of amides is 2. The molecule has 0 bridgehead atoms. The Morgan fingerprint density at radius 2 is 1.81 bits per heavy atom. The van der Waals surface area contributed by atoms with Crippen LogP contribution in [0, 0.1) is 0 Å². The molecule has 7 nitrogen and oxygen atoms in total. The predicted octanol–water partition coefficient (Wildman–Crippen LogP) is 1.89. The lowest BCUT2D eigenvalue weighted by atomic mass is 9.85. The number of hydrogen-bond donors (Lipinski definition) is 2. The lowest BCUT2D eigenvalue weighted by Crippen LogP contribution is -3.14. The minimum atomic E-state index is -0.479. The molecule has 1 aromatic heterocycles. The number of hydrogen-bond acceptors (Lipinski definition) is 3. The van der Waals surface area contributed by atoms with E-state index < -0.39 is 6.04 Å². The summed E-state index contributed by atoms with van der Waals surface area (Å²) in [5.74, 6) is 0.531. The lowest BCUT2D eigenvalue weighted by Gasteiger charge is -2.47. The number of rotatable bonds is 5. The van der Waals surface area contributed by atoms with Crippen LogP contribution in [0.25, 0.3) is 10.9 Å². The van der Waals surface area contributed by atoms with E-state index in [0.29, 0.717) is 18.9 Å². The molecule has 0 aliphatic carbocycles. The van der Waals surface area contributed by atoms with Gasteiger partial charge in [-0.25, -0.2) is 0 Å². The van der Waals surface area contributed by atoms with Crippen LogP contribution in [-0.2, 0) is 20.7 Å². The number of carbonyl (C=O) groups is 2. The molecule has 3 aromatic rings. The number of quaternary nitrogens is 1. The molecule has 6 rings (SSSR count). The first kappa shape index (κ1) is 23.3. The van der Waals surface area contributed by atoms with Gasteiger partial charge in [0.15, 0.2) is 0 Å². The van der Waals surface area contributed by atoms with Crippen LogP contribution in [0.4, 0.5) is 0 Å². The molecule has 2 amide bonds. The van der Waals surface area contributed by atoms with Crippen molar-refractivity contribution in [1.29, 1.82) is 0 Å². The first-order valence-corrected chi connectivity index (χ1v) is 13.2.